The van der Waals surface area contributed by atoms with Crippen molar-refractivity contribution in [3.8, 4) is 0 Å². The molecule has 3 atom stereocenters. The molecule has 7 heteroatoms. The van der Waals surface area contributed by atoms with Gasteiger partial charge in [0.2, 0.25) is 0 Å². The quantitative estimate of drug-likeness (QED) is 0.662. The van der Waals surface area contributed by atoms with Crippen LogP contribution < -0.4 is 5.32 Å². The van der Waals surface area contributed by atoms with Crippen molar-refractivity contribution < 1.29 is 4.74 Å². The van der Waals surface area contributed by atoms with E-state index in [1.165, 1.54) is 25.7 Å². The van der Waals surface area contributed by atoms with Gasteiger partial charge in [0, 0.05) is 44.6 Å². The summed E-state index contributed by atoms with van der Waals surface area (Å²) in [7, 11) is 4.00. The summed E-state index contributed by atoms with van der Waals surface area (Å²) < 4.78 is 7.84. The van der Waals surface area contributed by atoms with Crippen LogP contribution in [0.15, 0.2) is 11.3 Å². The minimum Gasteiger partial charge on any atom is -0.377 e. The van der Waals surface area contributed by atoms with Crippen molar-refractivity contribution in [3.63, 3.8) is 0 Å². The van der Waals surface area contributed by atoms with Gasteiger partial charge in [-0.05, 0) is 26.2 Å². The van der Waals surface area contributed by atoms with Crippen LogP contribution in [-0.2, 0) is 18.3 Å². The second-order valence-electron chi connectivity index (χ2n) is 7.41. The number of nitrogens with zero attached hydrogens (tertiary/aromatic N) is 5. The fourth-order valence-corrected chi connectivity index (χ4v) is 4.77. The predicted octanol–water partition coefficient (Wildman–Crippen LogP) is 1.17. The van der Waals surface area contributed by atoms with E-state index in [2.05, 4.69) is 34.3 Å². The van der Waals surface area contributed by atoms with E-state index in [9.17, 15) is 0 Å². The van der Waals surface area contributed by atoms with Crippen LogP contribution in [0.25, 0.3) is 0 Å². The van der Waals surface area contributed by atoms with Crippen molar-refractivity contribution in [1.82, 2.24) is 25.0 Å². The van der Waals surface area contributed by atoms with Gasteiger partial charge in [0.05, 0.1) is 12.6 Å². The molecule has 7 nitrogen and oxygen atoms in total. The van der Waals surface area contributed by atoms with Gasteiger partial charge in [-0.25, -0.2) is 4.98 Å². The molecule has 1 spiro atoms. The second kappa shape index (κ2) is 6.02. The molecule has 3 aliphatic rings. The highest BCUT2D eigenvalue weighted by Gasteiger charge is 2.66. The van der Waals surface area contributed by atoms with Crippen LogP contribution in [0.1, 0.15) is 38.4 Å². The molecule has 132 valence electrons. The molecule has 3 unspecified atom stereocenters. The predicted molar refractivity (Wildman–Crippen MR) is 91.5 cm³/mol. The summed E-state index contributed by atoms with van der Waals surface area (Å²) in [5, 5.41) is 7.94. The highest BCUT2D eigenvalue weighted by atomic mass is 16.5. The van der Waals surface area contributed by atoms with Crippen LogP contribution in [-0.4, -0.2) is 58.0 Å². The average molecular weight is 332 g/mol. The Morgan fingerprint density at radius 1 is 1.54 bits per heavy atom. The summed E-state index contributed by atoms with van der Waals surface area (Å²) in [5.74, 6) is 2.56. The van der Waals surface area contributed by atoms with Crippen molar-refractivity contribution >= 4 is 5.96 Å². The van der Waals surface area contributed by atoms with Gasteiger partial charge in [-0.15, -0.1) is 0 Å². The molecule has 3 fully saturated rings. The Hall–Kier alpha value is -1.63. The first-order chi connectivity index (χ1) is 11.7. The number of nitrogens with one attached hydrogen (secondary N) is 1. The average Bonchev–Trinajstić information content (AvgIpc) is 3.10. The third-order valence-corrected chi connectivity index (χ3v) is 6.17. The fraction of sp³-hybridized carbons (Fsp3) is 0.824. The van der Waals surface area contributed by atoms with Gasteiger partial charge in [-0.2, -0.15) is 5.10 Å². The van der Waals surface area contributed by atoms with Gasteiger partial charge in [-0.3, -0.25) is 9.67 Å². The smallest absolute Gasteiger partial charge is 0.194 e. The van der Waals surface area contributed by atoms with Crippen molar-refractivity contribution in [1.29, 1.82) is 0 Å². The second-order valence-corrected chi connectivity index (χ2v) is 7.41. The number of guanidine groups is 1. The molecule has 0 aromatic carbocycles. The molecule has 1 aromatic heterocycles. The Kier molecular flexibility index (Phi) is 3.98. The zero-order valence-corrected chi connectivity index (χ0v) is 14.9. The van der Waals surface area contributed by atoms with Gasteiger partial charge in [0.15, 0.2) is 5.96 Å². The molecule has 0 amide bonds. The van der Waals surface area contributed by atoms with Crippen LogP contribution in [0.2, 0.25) is 0 Å². The standard InChI is InChI=1S/C17H28N6O/c1-4-18-16(22(2)10-13-19-11-20-23(13)3)21-14-12-6-9-24-15(12)17(14)7-5-8-17/h11-12,14-15H,4-10H2,1-3H3,(H,18,21). The molecule has 0 radical (unpaired) electrons. The van der Waals surface area contributed by atoms with Crippen LogP contribution in [0.3, 0.4) is 0 Å². The molecule has 1 aliphatic heterocycles. The first-order valence-corrected chi connectivity index (χ1v) is 9.12. The molecule has 1 aromatic rings. The Morgan fingerprint density at radius 3 is 3.00 bits per heavy atom. The number of hydrogen-bond donors (Lipinski definition) is 1. The molecule has 4 rings (SSSR count). The van der Waals surface area contributed by atoms with Crippen molar-refractivity contribution in [2.24, 2.45) is 23.4 Å². The normalized spacial score (nSPS) is 30.6. The Morgan fingerprint density at radius 2 is 2.38 bits per heavy atom. The lowest BCUT2D eigenvalue weighted by Crippen LogP contribution is -2.72. The van der Waals surface area contributed by atoms with Crippen LogP contribution in [0.4, 0.5) is 0 Å². The van der Waals surface area contributed by atoms with Gasteiger partial charge < -0.3 is 15.0 Å². The molecule has 24 heavy (non-hydrogen) atoms. The van der Waals surface area contributed by atoms with E-state index in [4.69, 9.17) is 9.73 Å². The van der Waals surface area contributed by atoms with Crippen LogP contribution >= 0.6 is 0 Å². The van der Waals surface area contributed by atoms with Crippen molar-refractivity contribution in [2.75, 3.05) is 20.2 Å². The minimum absolute atomic E-state index is 0.362. The maximum absolute atomic E-state index is 6.03. The fourth-order valence-electron chi connectivity index (χ4n) is 4.77. The Bertz CT molecular complexity index is 622. The number of aromatic nitrogens is 3. The molecule has 2 aliphatic carbocycles. The van der Waals surface area contributed by atoms with Gasteiger partial charge >= 0.3 is 0 Å². The lowest BCUT2D eigenvalue weighted by atomic mass is 9.46. The molecule has 2 saturated carbocycles. The zero-order valence-electron chi connectivity index (χ0n) is 14.9. The summed E-state index contributed by atoms with van der Waals surface area (Å²) in [4.78, 5) is 11.2. The number of rotatable bonds is 4. The maximum atomic E-state index is 6.03. The summed E-state index contributed by atoms with van der Waals surface area (Å²) in [6, 6.07) is 0.506. The summed E-state index contributed by atoms with van der Waals surface area (Å²) in [6.45, 7) is 4.48. The zero-order chi connectivity index (χ0) is 16.7. The highest BCUT2D eigenvalue weighted by Crippen LogP contribution is 2.62. The van der Waals surface area contributed by atoms with E-state index in [0.29, 0.717) is 30.0 Å². The van der Waals surface area contributed by atoms with E-state index in [1.807, 2.05) is 11.7 Å². The van der Waals surface area contributed by atoms with Gasteiger partial charge in [0.1, 0.15) is 12.2 Å². The topological polar surface area (TPSA) is 67.6 Å². The summed E-state index contributed by atoms with van der Waals surface area (Å²) >= 11 is 0. The number of fused-ring (bicyclic) bond motifs is 2. The number of aryl methyl sites for hydroxylation is 1. The first kappa shape index (κ1) is 15.9. The van der Waals surface area contributed by atoms with E-state index in [-0.39, 0.29) is 0 Å². The van der Waals surface area contributed by atoms with E-state index in [0.717, 1.165) is 24.9 Å². The van der Waals surface area contributed by atoms with Crippen molar-refractivity contribution in [2.45, 2.75) is 51.3 Å². The van der Waals surface area contributed by atoms with Gasteiger partial charge in [0.25, 0.3) is 0 Å². The Labute approximate surface area is 143 Å². The third-order valence-electron chi connectivity index (χ3n) is 6.17. The lowest BCUT2D eigenvalue weighted by molar-refractivity contribution is -0.171. The molecular formula is C17H28N6O. The lowest BCUT2D eigenvalue weighted by Gasteiger charge is -2.63. The molecule has 0 bridgehead atoms. The molecular weight excluding hydrogens is 304 g/mol. The first-order valence-electron chi connectivity index (χ1n) is 9.12. The van der Waals surface area contributed by atoms with E-state index in [1.54, 1.807) is 6.33 Å². The molecule has 2 heterocycles. The Balaban J connectivity index is 1.47. The number of aliphatic imine (C=N–C) groups is 1. The van der Waals surface area contributed by atoms with Gasteiger partial charge in [-0.1, -0.05) is 6.42 Å². The molecule has 1 saturated heterocycles. The van der Waals surface area contributed by atoms with E-state index < -0.39 is 0 Å². The van der Waals surface area contributed by atoms with Crippen molar-refractivity contribution in [3.05, 3.63) is 12.2 Å². The number of hydrogen-bond acceptors (Lipinski definition) is 4. The summed E-state index contributed by atoms with van der Waals surface area (Å²) in [5.41, 5.74) is 0.362. The maximum Gasteiger partial charge on any atom is 0.194 e. The molecule has 1 N–H and O–H groups in total. The summed E-state index contributed by atoms with van der Waals surface area (Å²) in [6.07, 6.45) is 7.17. The SMILES string of the molecule is CCN=C(NC1C2CCOC2C12CCC2)N(C)Cc1ncnn1C. The third kappa shape index (κ3) is 2.32. The highest BCUT2D eigenvalue weighted by molar-refractivity contribution is 5.80. The van der Waals surface area contributed by atoms with Crippen LogP contribution in [0.5, 0.6) is 0 Å². The minimum atomic E-state index is 0.362. The number of ether oxygens (including phenoxy) is 1. The monoisotopic (exact) mass is 332 g/mol. The van der Waals surface area contributed by atoms with E-state index >= 15 is 0 Å². The van der Waals surface area contributed by atoms with Crippen LogP contribution in [0, 0.1) is 11.3 Å². The largest absolute Gasteiger partial charge is 0.377 e.